The van der Waals surface area contributed by atoms with Crippen molar-refractivity contribution in [2.75, 3.05) is 20.3 Å². The third-order valence-electron chi connectivity index (χ3n) is 4.49. The first-order valence-corrected chi connectivity index (χ1v) is 10.0. The molecule has 4 nitrogen and oxygen atoms in total. The third-order valence-corrected chi connectivity index (χ3v) is 4.49. The molecule has 0 unspecified atom stereocenters. The van der Waals surface area contributed by atoms with Gasteiger partial charge in [-0.25, -0.2) is 4.79 Å². The molecule has 0 atom stereocenters. The molecule has 0 saturated heterocycles. The van der Waals surface area contributed by atoms with Crippen molar-refractivity contribution in [1.82, 2.24) is 0 Å². The summed E-state index contributed by atoms with van der Waals surface area (Å²) in [6.45, 7) is 6.63. The predicted octanol–water partition coefficient (Wildman–Crippen LogP) is 6.19. The summed E-state index contributed by atoms with van der Waals surface area (Å²) in [7, 11) is 1.53. The van der Waals surface area contributed by atoms with Gasteiger partial charge in [0.05, 0.1) is 19.3 Å². The van der Waals surface area contributed by atoms with Gasteiger partial charge in [-0.3, -0.25) is 0 Å². The first-order chi connectivity index (χ1) is 14.2. The van der Waals surface area contributed by atoms with Crippen LogP contribution in [0.5, 0.6) is 5.75 Å². The number of methoxy groups -OCH3 is 1. The molecule has 0 spiro atoms. The molecule has 0 aromatic heterocycles. The molecular formula is C25H30O4. The number of carbonyl (C=O) groups excluding carboxylic acids is 1. The van der Waals surface area contributed by atoms with Crippen LogP contribution in [-0.4, -0.2) is 26.3 Å². The molecule has 0 saturated carbocycles. The Bertz CT molecular complexity index is 789. The van der Waals surface area contributed by atoms with Crippen molar-refractivity contribution in [3.63, 3.8) is 0 Å². The van der Waals surface area contributed by atoms with E-state index < -0.39 is 5.97 Å². The number of hydrogen-bond donors (Lipinski definition) is 0. The molecule has 0 aliphatic heterocycles. The largest absolute Gasteiger partial charge is 0.497 e. The Morgan fingerprint density at radius 2 is 1.62 bits per heavy atom. The van der Waals surface area contributed by atoms with Crippen LogP contribution in [0.2, 0.25) is 0 Å². The van der Waals surface area contributed by atoms with Crippen molar-refractivity contribution >= 4 is 5.97 Å². The highest BCUT2D eigenvalue weighted by Crippen LogP contribution is 2.23. The lowest BCUT2D eigenvalue weighted by atomic mass is 10.0. The number of allylic oxidation sites excluding steroid dienone is 2. The molecule has 0 aliphatic rings. The van der Waals surface area contributed by atoms with Crippen LogP contribution in [-0.2, 0) is 9.47 Å². The maximum Gasteiger partial charge on any atom is 0.338 e. The van der Waals surface area contributed by atoms with Crippen molar-refractivity contribution in [2.24, 2.45) is 0 Å². The molecule has 0 N–H and O–H groups in total. The molecule has 154 valence electrons. The molecule has 2 aromatic carbocycles. The second-order valence-electron chi connectivity index (χ2n) is 6.66. The second kappa shape index (κ2) is 12.4. The van der Waals surface area contributed by atoms with Gasteiger partial charge in [0.2, 0.25) is 0 Å². The molecule has 0 heterocycles. The van der Waals surface area contributed by atoms with Gasteiger partial charge in [0.15, 0.2) is 0 Å². The summed E-state index contributed by atoms with van der Waals surface area (Å²) in [6, 6.07) is 15.4. The van der Waals surface area contributed by atoms with Gasteiger partial charge < -0.3 is 14.2 Å². The Labute approximate surface area is 173 Å². The molecule has 0 amide bonds. The van der Waals surface area contributed by atoms with E-state index in [9.17, 15) is 4.79 Å². The van der Waals surface area contributed by atoms with Crippen LogP contribution >= 0.6 is 0 Å². The Hall–Kier alpha value is -3.01. The van der Waals surface area contributed by atoms with Crippen LogP contribution in [0.1, 0.15) is 43.0 Å². The van der Waals surface area contributed by atoms with Gasteiger partial charge >= 0.3 is 5.97 Å². The topological polar surface area (TPSA) is 44.8 Å². The minimum absolute atomic E-state index is 0.0724. The average Bonchev–Trinajstić information content (AvgIpc) is 2.77. The zero-order chi connectivity index (χ0) is 20.9. The highest BCUT2D eigenvalue weighted by molar-refractivity contribution is 5.90. The number of benzene rings is 2. The van der Waals surface area contributed by atoms with Crippen LogP contribution in [0.4, 0.5) is 0 Å². The second-order valence-corrected chi connectivity index (χ2v) is 6.66. The quantitative estimate of drug-likeness (QED) is 0.186. The first kappa shape index (κ1) is 22.3. The predicted molar refractivity (Wildman–Crippen MR) is 117 cm³/mol. The van der Waals surface area contributed by atoms with E-state index in [1.807, 2.05) is 36.4 Å². The summed E-state index contributed by atoms with van der Waals surface area (Å²) in [6.07, 6.45) is 8.03. The molecule has 0 fully saturated rings. The summed E-state index contributed by atoms with van der Waals surface area (Å²) in [4.78, 5) is 12.2. The number of carbonyl (C=O) groups is 1. The molecule has 2 aromatic rings. The maximum absolute atomic E-state index is 12.2. The molecule has 0 bridgehead atoms. The van der Waals surface area contributed by atoms with E-state index in [0.29, 0.717) is 11.3 Å². The summed E-state index contributed by atoms with van der Waals surface area (Å²) < 4.78 is 16.2. The molecular weight excluding hydrogens is 364 g/mol. The van der Waals surface area contributed by atoms with Crippen LogP contribution in [0, 0.1) is 0 Å². The minimum Gasteiger partial charge on any atom is -0.497 e. The molecule has 0 aliphatic carbocycles. The lowest BCUT2D eigenvalue weighted by Gasteiger charge is -2.09. The number of rotatable bonds is 12. The van der Waals surface area contributed by atoms with Gasteiger partial charge in [-0.1, -0.05) is 63.1 Å². The molecule has 2 rings (SSSR count). The zero-order valence-electron chi connectivity index (χ0n) is 17.4. The standard InChI is InChI=1S/C25H30O4/c1-4-6-7-8-18-28-23-16-14-21(15-17-23)20-10-12-22(13-11-20)25(26)29-19-24(27-3)9-5-2/h5,9-17H,2,4,6-8,18-19H2,1,3H3/b24-9-. The van der Waals surface area contributed by atoms with E-state index in [4.69, 9.17) is 14.2 Å². The summed E-state index contributed by atoms with van der Waals surface area (Å²) in [5, 5.41) is 0. The first-order valence-electron chi connectivity index (χ1n) is 10.0. The lowest BCUT2D eigenvalue weighted by Crippen LogP contribution is -2.08. The van der Waals surface area contributed by atoms with Crippen molar-refractivity contribution in [3.8, 4) is 16.9 Å². The van der Waals surface area contributed by atoms with Crippen LogP contribution in [0.3, 0.4) is 0 Å². The molecule has 29 heavy (non-hydrogen) atoms. The van der Waals surface area contributed by atoms with E-state index in [0.717, 1.165) is 29.9 Å². The third kappa shape index (κ3) is 7.49. The Morgan fingerprint density at radius 1 is 0.966 bits per heavy atom. The highest BCUT2D eigenvalue weighted by Gasteiger charge is 2.09. The normalized spacial score (nSPS) is 11.0. The fraction of sp³-hybridized carbons (Fsp3) is 0.320. The van der Waals surface area contributed by atoms with Gasteiger partial charge in [0.25, 0.3) is 0 Å². The van der Waals surface area contributed by atoms with Crippen molar-refractivity contribution in [3.05, 3.63) is 78.6 Å². The monoisotopic (exact) mass is 394 g/mol. The van der Waals surface area contributed by atoms with E-state index in [1.54, 1.807) is 24.3 Å². The minimum atomic E-state index is -0.393. The van der Waals surface area contributed by atoms with Gasteiger partial charge in [0, 0.05) is 0 Å². The van der Waals surface area contributed by atoms with E-state index >= 15 is 0 Å². The lowest BCUT2D eigenvalue weighted by molar-refractivity contribution is 0.0485. The highest BCUT2D eigenvalue weighted by atomic mass is 16.6. The SMILES string of the molecule is C=C/C=C(/COC(=O)c1ccc(-c2ccc(OCCCCCC)cc2)cc1)OC. The number of esters is 1. The van der Waals surface area contributed by atoms with Crippen LogP contribution in [0.25, 0.3) is 11.1 Å². The number of ether oxygens (including phenoxy) is 3. The fourth-order valence-corrected chi connectivity index (χ4v) is 2.79. The van der Waals surface area contributed by atoms with Crippen molar-refractivity contribution < 1.29 is 19.0 Å². The molecule has 4 heteroatoms. The van der Waals surface area contributed by atoms with Gasteiger partial charge in [-0.05, 0) is 47.9 Å². The van der Waals surface area contributed by atoms with Crippen molar-refractivity contribution in [1.29, 1.82) is 0 Å². The average molecular weight is 395 g/mol. The van der Waals surface area contributed by atoms with E-state index in [1.165, 1.54) is 26.4 Å². The van der Waals surface area contributed by atoms with E-state index in [2.05, 4.69) is 13.5 Å². The van der Waals surface area contributed by atoms with Crippen molar-refractivity contribution in [2.45, 2.75) is 32.6 Å². The summed E-state index contributed by atoms with van der Waals surface area (Å²) in [5.74, 6) is 1.03. The van der Waals surface area contributed by atoms with Gasteiger partial charge in [-0.15, -0.1) is 0 Å². The number of unbranched alkanes of at least 4 members (excludes halogenated alkanes) is 3. The Morgan fingerprint density at radius 3 is 2.21 bits per heavy atom. The molecule has 0 radical (unpaired) electrons. The summed E-state index contributed by atoms with van der Waals surface area (Å²) >= 11 is 0. The smallest absolute Gasteiger partial charge is 0.338 e. The fourth-order valence-electron chi connectivity index (χ4n) is 2.79. The van der Waals surface area contributed by atoms with Gasteiger partial charge in [0.1, 0.15) is 18.1 Å². The van der Waals surface area contributed by atoms with Crippen LogP contribution < -0.4 is 4.74 Å². The van der Waals surface area contributed by atoms with E-state index in [-0.39, 0.29) is 6.61 Å². The Kier molecular flexibility index (Phi) is 9.56. The zero-order valence-corrected chi connectivity index (χ0v) is 17.4. The Balaban J connectivity index is 1.89. The van der Waals surface area contributed by atoms with Gasteiger partial charge in [-0.2, -0.15) is 0 Å². The summed E-state index contributed by atoms with van der Waals surface area (Å²) in [5.41, 5.74) is 2.59. The van der Waals surface area contributed by atoms with Crippen LogP contribution in [0.15, 0.2) is 73.0 Å². The number of hydrogen-bond acceptors (Lipinski definition) is 4. The maximum atomic E-state index is 12.2.